The van der Waals surface area contributed by atoms with Gasteiger partial charge in [-0.25, -0.2) is 13.5 Å². The summed E-state index contributed by atoms with van der Waals surface area (Å²) in [6, 6.07) is 3.93. The summed E-state index contributed by atoms with van der Waals surface area (Å²) in [4.78, 5) is 16.0. The van der Waals surface area contributed by atoms with E-state index in [2.05, 4.69) is 25.8 Å². The quantitative estimate of drug-likeness (QED) is 0.720. The number of rotatable bonds is 6. The van der Waals surface area contributed by atoms with Gasteiger partial charge in [0.05, 0.1) is 6.20 Å². The topological polar surface area (TPSA) is 98.7 Å². The van der Waals surface area contributed by atoms with E-state index in [9.17, 15) is 13.6 Å². The molecule has 0 aliphatic carbocycles. The molecule has 0 saturated heterocycles. The van der Waals surface area contributed by atoms with Crippen molar-refractivity contribution in [3.05, 3.63) is 59.0 Å². The predicted octanol–water partition coefficient (Wildman–Crippen LogP) is 1.27. The Morgan fingerprint density at radius 1 is 1.36 bits per heavy atom. The van der Waals surface area contributed by atoms with Crippen LogP contribution in [0.15, 0.2) is 28.9 Å². The molecule has 0 atom stereocenters. The van der Waals surface area contributed by atoms with Crippen LogP contribution >= 0.6 is 0 Å². The van der Waals surface area contributed by atoms with Crippen molar-refractivity contribution in [1.82, 2.24) is 30.5 Å². The molecule has 2 aromatic heterocycles. The summed E-state index contributed by atoms with van der Waals surface area (Å²) in [7, 11) is 0. The van der Waals surface area contributed by atoms with Crippen molar-refractivity contribution < 1.29 is 18.1 Å². The number of nitrogens with one attached hydrogen (secondary N) is 1. The van der Waals surface area contributed by atoms with Gasteiger partial charge in [0, 0.05) is 13.5 Å². The van der Waals surface area contributed by atoms with E-state index >= 15 is 0 Å². The first-order valence-electron chi connectivity index (χ1n) is 7.43. The molecular formula is C15H14F2N6O2. The first-order valence-corrected chi connectivity index (χ1v) is 7.43. The third-order valence-electron chi connectivity index (χ3n) is 3.36. The highest BCUT2D eigenvalue weighted by atomic mass is 19.2. The second-order valence-electron chi connectivity index (χ2n) is 5.25. The summed E-state index contributed by atoms with van der Waals surface area (Å²) < 4.78 is 32.9. The first-order chi connectivity index (χ1) is 12.0. The number of carbonyl (C=O) groups excluding carboxylic acids is 1. The smallest absolute Gasteiger partial charge is 0.273 e. The zero-order valence-electron chi connectivity index (χ0n) is 13.2. The van der Waals surface area contributed by atoms with Crippen molar-refractivity contribution in [1.29, 1.82) is 0 Å². The highest BCUT2D eigenvalue weighted by Gasteiger charge is 2.13. The zero-order valence-corrected chi connectivity index (χ0v) is 13.2. The van der Waals surface area contributed by atoms with E-state index < -0.39 is 17.5 Å². The zero-order chi connectivity index (χ0) is 17.8. The van der Waals surface area contributed by atoms with Crippen molar-refractivity contribution in [2.75, 3.05) is 6.54 Å². The number of hydrogen-bond acceptors (Lipinski definition) is 6. The van der Waals surface area contributed by atoms with Gasteiger partial charge in [-0.15, -0.1) is 5.10 Å². The van der Waals surface area contributed by atoms with Crippen LogP contribution < -0.4 is 5.32 Å². The van der Waals surface area contributed by atoms with E-state index in [4.69, 9.17) is 4.52 Å². The molecule has 0 aliphatic heterocycles. The summed E-state index contributed by atoms with van der Waals surface area (Å²) >= 11 is 0. The first kappa shape index (κ1) is 16.7. The van der Waals surface area contributed by atoms with Gasteiger partial charge in [0.2, 0.25) is 5.89 Å². The Kier molecular flexibility index (Phi) is 4.78. The fourth-order valence-corrected chi connectivity index (χ4v) is 2.17. The van der Waals surface area contributed by atoms with Gasteiger partial charge in [-0.1, -0.05) is 22.5 Å². The molecule has 8 nitrogen and oxygen atoms in total. The van der Waals surface area contributed by atoms with Crippen LogP contribution in [0.1, 0.15) is 27.8 Å². The lowest BCUT2D eigenvalue weighted by atomic mass is 10.1. The molecule has 0 unspecified atom stereocenters. The molecule has 0 fully saturated rings. The Hall–Kier alpha value is -3.17. The minimum absolute atomic E-state index is 0.0972. The third kappa shape index (κ3) is 4.03. The summed E-state index contributed by atoms with van der Waals surface area (Å²) in [5, 5.41) is 13.9. The molecular weight excluding hydrogens is 334 g/mol. The molecule has 3 aromatic rings. The minimum Gasteiger partial charge on any atom is -0.350 e. The van der Waals surface area contributed by atoms with Crippen LogP contribution in [0.3, 0.4) is 0 Å². The Morgan fingerprint density at radius 3 is 2.96 bits per heavy atom. The van der Waals surface area contributed by atoms with E-state index in [1.54, 1.807) is 6.92 Å². The Labute approximate surface area is 140 Å². The number of aryl methyl sites for hydroxylation is 1. The molecule has 3 rings (SSSR count). The van der Waals surface area contributed by atoms with E-state index in [0.717, 1.165) is 6.07 Å². The van der Waals surface area contributed by atoms with Crippen LogP contribution in [-0.4, -0.2) is 37.6 Å². The van der Waals surface area contributed by atoms with E-state index in [0.29, 0.717) is 11.7 Å². The fourth-order valence-electron chi connectivity index (χ4n) is 2.17. The summed E-state index contributed by atoms with van der Waals surface area (Å²) in [6.45, 7) is 2.01. The van der Waals surface area contributed by atoms with Crippen molar-refractivity contribution in [3.63, 3.8) is 0 Å². The monoisotopic (exact) mass is 348 g/mol. The van der Waals surface area contributed by atoms with Gasteiger partial charge in [0.1, 0.15) is 6.54 Å². The fraction of sp³-hybridized carbons (Fsp3) is 0.267. The lowest BCUT2D eigenvalue weighted by molar-refractivity contribution is 0.0949. The molecule has 0 saturated carbocycles. The second kappa shape index (κ2) is 7.16. The van der Waals surface area contributed by atoms with Crippen LogP contribution in [0.2, 0.25) is 0 Å². The number of amides is 1. The lowest BCUT2D eigenvalue weighted by Gasteiger charge is -2.05. The van der Waals surface area contributed by atoms with Crippen LogP contribution in [0.25, 0.3) is 0 Å². The van der Waals surface area contributed by atoms with Crippen molar-refractivity contribution in [2.45, 2.75) is 19.9 Å². The maximum absolute atomic E-state index is 13.5. The van der Waals surface area contributed by atoms with Gasteiger partial charge in [0.25, 0.3) is 5.91 Å². The maximum atomic E-state index is 13.5. The van der Waals surface area contributed by atoms with Gasteiger partial charge < -0.3 is 9.84 Å². The molecule has 2 heterocycles. The summed E-state index contributed by atoms with van der Waals surface area (Å²) in [5.41, 5.74) is 0.288. The van der Waals surface area contributed by atoms with Gasteiger partial charge in [-0.2, -0.15) is 4.98 Å². The molecule has 0 bridgehead atoms. The number of benzene rings is 1. The van der Waals surface area contributed by atoms with Gasteiger partial charge >= 0.3 is 0 Å². The van der Waals surface area contributed by atoms with Crippen LogP contribution in [-0.2, 0) is 13.0 Å². The Balaban J connectivity index is 1.54. The normalized spacial score (nSPS) is 10.8. The number of hydrogen-bond donors (Lipinski definition) is 1. The molecule has 1 N–H and O–H groups in total. The summed E-state index contributed by atoms with van der Waals surface area (Å²) in [5.74, 6) is -1.44. The van der Waals surface area contributed by atoms with Crippen LogP contribution in [0, 0.1) is 18.6 Å². The lowest BCUT2D eigenvalue weighted by Crippen LogP contribution is -2.26. The number of nitrogens with zero attached hydrogens (tertiary/aromatic N) is 5. The van der Waals surface area contributed by atoms with E-state index in [1.807, 2.05) is 0 Å². The highest BCUT2D eigenvalue weighted by Crippen LogP contribution is 2.11. The number of carbonyl (C=O) groups is 1. The SMILES string of the molecule is Cc1nc(Cn2cc(C(=O)NCCc3cccc(F)c3F)nn2)no1. The van der Waals surface area contributed by atoms with Crippen LogP contribution in [0.5, 0.6) is 0 Å². The molecule has 1 amide bonds. The molecule has 0 radical (unpaired) electrons. The van der Waals surface area contributed by atoms with Crippen molar-refractivity contribution >= 4 is 5.91 Å². The van der Waals surface area contributed by atoms with Crippen molar-refractivity contribution in [3.8, 4) is 0 Å². The summed E-state index contributed by atoms with van der Waals surface area (Å²) in [6.07, 6.45) is 1.59. The Morgan fingerprint density at radius 2 is 2.20 bits per heavy atom. The molecule has 0 spiro atoms. The van der Waals surface area contributed by atoms with Crippen molar-refractivity contribution in [2.24, 2.45) is 0 Å². The standard InChI is InChI=1S/C15H14F2N6O2/c1-9-19-13(21-25-9)8-23-7-12(20-22-23)15(24)18-6-5-10-3-2-4-11(16)14(10)17/h2-4,7H,5-6,8H2,1H3,(H,18,24). The third-order valence-corrected chi connectivity index (χ3v) is 3.36. The molecule has 10 heteroatoms. The molecule has 0 aliphatic rings. The molecule has 130 valence electrons. The maximum Gasteiger partial charge on any atom is 0.273 e. The number of halogens is 2. The van der Waals surface area contributed by atoms with Gasteiger partial charge in [0.15, 0.2) is 23.2 Å². The van der Waals surface area contributed by atoms with Crippen LogP contribution in [0.4, 0.5) is 8.78 Å². The van der Waals surface area contributed by atoms with E-state index in [1.165, 1.54) is 23.0 Å². The second-order valence-corrected chi connectivity index (χ2v) is 5.25. The van der Waals surface area contributed by atoms with Gasteiger partial charge in [-0.05, 0) is 18.1 Å². The largest absolute Gasteiger partial charge is 0.350 e. The predicted molar refractivity (Wildman–Crippen MR) is 80.6 cm³/mol. The average molecular weight is 348 g/mol. The molecule has 1 aromatic carbocycles. The minimum atomic E-state index is -0.913. The molecule has 25 heavy (non-hydrogen) atoms. The average Bonchev–Trinajstić information content (AvgIpc) is 3.21. The van der Waals surface area contributed by atoms with E-state index in [-0.39, 0.29) is 30.8 Å². The van der Waals surface area contributed by atoms with Gasteiger partial charge in [-0.3, -0.25) is 4.79 Å². The number of aromatic nitrogens is 5. The Bertz CT molecular complexity index is 892. The highest BCUT2D eigenvalue weighted by molar-refractivity contribution is 5.91.